The molecule has 1 aliphatic rings. The van der Waals surface area contributed by atoms with E-state index < -0.39 is 0 Å². The van der Waals surface area contributed by atoms with E-state index in [0.29, 0.717) is 6.42 Å². The van der Waals surface area contributed by atoms with Crippen molar-refractivity contribution in [2.24, 2.45) is 0 Å². The van der Waals surface area contributed by atoms with Crippen molar-refractivity contribution in [2.75, 3.05) is 13.7 Å². The number of amides is 1. The molecule has 0 aromatic heterocycles. The van der Waals surface area contributed by atoms with Gasteiger partial charge in [-0.2, -0.15) is 0 Å². The van der Waals surface area contributed by atoms with Crippen LogP contribution in [0.2, 0.25) is 0 Å². The van der Waals surface area contributed by atoms with E-state index in [1.165, 1.54) is 0 Å². The van der Waals surface area contributed by atoms with Crippen LogP contribution in [0.3, 0.4) is 0 Å². The Hall–Kier alpha value is -1.51. The lowest BCUT2D eigenvalue weighted by molar-refractivity contribution is -0.119. The highest BCUT2D eigenvalue weighted by Gasteiger charge is 2.25. The van der Waals surface area contributed by atoms with E-state index in [-0.39, 0.29) is 11.8 Å². The summed E-state index contributed by atoms with van der Waals surface area (Å²) in [6, 6.07) is 6.07. The number of carbonyl (C=O) groups excluding carboxylic acids is 1. The molecule has 1 aliphatic heterocycles. The minimum Gasteiger partial charge on any atom is -0.496 e. The molecule has 1 fully saturated rings. The van der Waals surface area contributed by atoms with Crippen LogP contribution in [0.5, 0.6) is 5.75 Å². The average molecular weight is 205 g/mol. The molecule has 1 N–H and O–H groups in total. The first-order chi connectivity index (χ1) is 7.22. The summed E-state index contributed by atoms with van der Waals surface area (Å²) >= 11 is 0. The summed E-state index contributed by atoms with van der Waals surface area (Å²) in [6.45, 7) is 2.74. The Morgan fingerprint density at radius 3 is 2.87 bits per heavy atom. The Labute approximate surface area is 89.4 Å². The van der Waals surface area contributed by atoms with Crippen LogP contribution in [0.25, 0.3) is 0 Å². The fourth-order valence-corrected chi connectivity index (χ4v) is 2.10. The monoisotopic (exact) mass is 205 g/mol. The third-order valence-corrected chi connectivity index (χ3v) is 2.86. The fourth-order valence-electron chi connectivity index (χ4n) is 2.10. The fraction of sp³-hybridized carbons (Fsp3) is 0.417. The van der Waals surface area contributed by atoms with Crippen molar-refractivity contribution in [1.29, 1.82) is 0 Å². The summed E-state index contributed by atoms with van der Waals surface area (Å²) in [4.78, 5) is 11.2. The minimum absolute atomic E-state index is 0.128. The predicted molar refractivity (Wildman–Crippen MR) is 58.1 cm³/mol. The van der Waals surface area contributed by atoms with Crippen molar-refractivity contribution in [3.05, 3.63) is 29.3 Å². The Bertz CT molecular complexity index is 387. The summed E-state index contributed by atoms with van der Waals surface area (Å²) in [6.07, 6.45) is 0.569. The van der Waals surface area contributed by atoms with E-state index in [9.17, 15) is 4.79 Å². The maximum absolute atomic E-state index is 11.2. The Morgan fingerprint density at radius 1 is 1.47 bits per heavy atom. The van der Waals surface area contributed by atoms with Crippen molar-refractivity contribution >= 4 is 5.91 Å². The predicted octanol–water partition coefficient (Wildman–Crippen LogP) is 1.61. The molecule has 0 bridgehead atoms. The standard InChI is InChI=1S/C12H15NO2/c1-8-4-3-5-10(12(8)15-2)9-6-11(14)13-7-9/h3-5,9H,6-7H2,1-2H3,(H,13,14). The molecule has 1 aromatic carbocycles. The molecule has 3 nitrogen and oxygen atoms in total. The lowest BCUT2D eigenvalue weighted by atomic mass is 9.95. The van der Waals surface area contributed by atoms with E-state index in [0.717, 1.165) is 23.4 Å². The number of ether oxygens (including phenoxy) is 1. The van der Waals surface area contributed by atoms with Gasteiger partial charge in [-0.05, 0) is 18.1 Å². The molecular weight excluding hydrogens is 190 g/mol. The maximum atomic E-state index is 11.2. The van der Waals surface area contributed by atoms with Crippen LogP contribution in [0.15, 0.2) is 18.2 Å². The summed E-state index contributed by atoms with van der Waals surface area (Å²) in [7, 11) is 1.68. The molecule has 3 heteroatoms. The Morgan fingerprint density at radius 2 is 2.27 bits per heavy atom. The summed E-state index contributed by atoms with van der Waals surface area (Å²) in [5, 5.41) is 2.84. The highest BCUT2D eigenvalue weighted by atomic mass is 16.5. The van der Waals surface area contributed by atoms with Gasteiger partial charge >= 0.3 is 0 Å². The highest BCUT2D eigenvalue weighted by Crippen LogP contribution is 2.33. The molecule has 1 amide bonds. The van der Waals surface area contributed by atoms with E-state index in [1.54, 1.807) is 7.11 Å². The zero-order valence-electron chi connectivity index (χ0n) is 9.04. The second-order valence-electron chi connectivity index (χ2n) is 3.90. The quantitative estimate of drug-likeness (QED) is 0.796. The van der Waals surface area contributed by atoms with Gasteiger partial charge in [-0.15, -0.1) is 0 Å². The third-order valence-electron chi connectivity index (χ3n) is 2.86. The van der Waals surface area contributed by atoms with Crippen molar-refractivity contribution < 1.29 is 9.53 Å². The Balaban J connectivity index is 2.35. The van der Waals surface area contributed by atoms with E-state index in [2.05, 4.69) is 5.32 Å². The topological polar surface area (TPSA) is 38.3 Å². The molecule has 80 valence electrons. The van der Waals surface area contributed by atoms with Crippen molar-refractivity contribution in [2.45, 2.75) is 19.3 Å². The molecule has 0 spiro atoms. The van der Waals surface area contributed by atoms with Crippen LogP contribution < -0.4 is 10.1 Å². The molecule has 15 heavy (non-hydrogen) atoms. The number of hydrogen-bond acceptors (Lipinski definition) is 2. The summed E-state index contributed by atoms with van der Waals surface area (Å²) in [5.74, 6) is 1.30. The van der Waals surface area contributed by atoms with Gasteiger partial charge in [0.05, 0.1) is 7.11 Å². The van der Waals surface area contributed by atoms with Gasteiger partial charge < -0.3 is 10.1 Å². The van der Waals surface area contributed by atoms with Crippen molar-refractivity contribution in [1.82, 2.24) is 5.32 Å². The van der Waals surface area contributed by atoms with Gasteiger partial charge in [-0.1, -0.05) is 18.2 Å². The molecule has 1 heterocycles. The Kier molecular flexibility index (Phi) is 2.62. The SMILES string of the molecule is COc1c(C)cccc1C1CNC(=O)C1. The van der Waals surface area contributed by atoms with Crippen molar-refractivity contribution in [3.63, 3.8) is 0 Å². The van der Waals surface area contributed by atoms with Crippen LogP contribution >= 0.6 is 0 Å². The number of benzene rings is 1. The van der Waals surface area contributed by atoms with Gasteiger partial charge in [0.2, 0.25) is 5.91 Å². The number of carbonyl (C=O) groups is 1. The second kappa shape index (κ2) is 3.93. The molecule has 1 saturated heterocycles. The first kappa shape index (κ1) is 10.0. The van der Waals surface area contributed by atoms with Crippen LogP contribution in [0.4, 0.5) is 0 Å². The smallest absolute Gasteiger partial charge is 0.220 e. The summed E-state index contributed by atoms with van der Waals surface area (Å²) < 4.78 is 5.38. The van der Waals surface area contributed by atoms with Crippen LogP contribution in [0, 0.1) is 6.92 Å². The molecule has 0 saturated carbocycles. The molecule has 1 atom stereocenters. The zero-order valence-corrected chi connectivity index (χ0v) is 9.04. The number of nitrogens with one attached hydrogen (secondary N) is 1. The van der Waals surface area contributed by atoms with Crippen LogP contribution in [-0.2, 0) is 4.79 Å². The van der Waals surface area contributed by atoms with E-state index in [4.69, 9.17) is 4.74 Å². The largest absolute Gasteiger partial charge is 0.496 e. The van der Waals surface area contributed by atoms with E-state index >= 15 is 0 Å². The molecular formula is C12H15NO2. The molecule has 2 rings (SSSR count). The van der Waals surface area contributed by atoms with Gasteiger partial charge in [0.1, 0.15) is 5.75 Å². The highest BCUT2D eigenvalue weighted by molar-refractivity contribution is 5.79. The second-order valence-corrected chi connectivity index (χ2v) is 3.90. The number of aryl methyl sites for hydroxylation is 1. The van der Waals surface area contributed by atoms with Crippen LogP contribution in [-0.4, -0.2) is 19.6 Å². The molecule has 1 aromatic rings. The summed E-state index contributed by atoms with van der Waals surface area (Å²) in [5.41, 5.74) is 2.25. The van der Waals surface area contributed by atoms with Gasteiger partial charge in [-0.25, -0.2) is 0 Å². The van der Waals surface area contributed by atoms with E-state index in [1.807, 2.05) is 25.1 Å². The zero-order chi connectivity index (χ0) is 10.8. The molecule has 0 aliphatic carbocycles. The van der Waals surface area contributed by atoms with Crippen molar-refractivity contribution in [3.8, 4) is 5.75 Å². The van der Waals surface area contributed by atoms with Gasteiger partial charge in [0.15, 0.2) is 0 Å². The normalized spacial score (nSPS) is 20.1. The first-order valence-corrected chi connectivity index (χ1v) is 5.12. The number of rotatable bonds is 2. The lowest BCUT2D eigenvalue weighted by Crippen LogP contribution is -2.13. The number of methoxy groups -OCH3 is 1. The number of hydrogen-bond donors (Lipinski definition) is 1. The maximum Gasteiger partial charge on any atom is 0.220 e. The minimum atomic E-state index is 0.128. The number of para-hydroxylation sites is 1. The van der Waals surface area contributed by atoms with Gasteiger partial charge in [-0.3, -0.25) is 4.79 Å². The lowest BCUT2D eigenvalue weighted by Gasteiger charge is -2.14. The molecule has 0 radical (unpaired) electrons. The van der Waals surface area contributed by atoms with Gasteiger partial charge in [0.25, 0.3) is 0 Å². The molecule has 1 unspecified atom stereocenters. The third kappa shape index (κ3) is 1.82. The van der Waals surface area contributed by atoms with Gasteiger partial charge in [0, 0.05) is 18.9 Å². The first-order valence-electron chi connectivity index (χ1n) is 5.12. The average Bonchev–Trinajstić information content (AvgIpc) is 2.64. The van der Waals surface area contributed by atoms with Crippen LogP contribution in [0.1, 0.15) is 23.5 Å².